The van der Waals surface area contributed by atoms with Crippen LogP contribution in [0.5, 0.6) is 0 Å². The molecule has 7 nitrogen and oxygen atoms in total. The summed E-state index contributed by atoms with van der Waals surface area (Å²) in [7, 11) is -3.88. The van der Waals surface area contributed by atoms with Gasteiger partial charge in [0.2, 0.25) is 11.8 Å². The second-order valence-electron chi connectivity index (χ2n) is 6.09. The molecule has 0 unspecified atom stereocenters. The van der Waals surface area contributed by atoms with Crippen LogP contribution in [0.25, 0.3) is 0 Å². The molecule has 1 fully saturated rings. The Labute approximate surface area is 171 Å². The molecule has 0 aliphatic carbocycles. The first kappa shape index (κ1) is 20.6. The highest BCUT2D eigenvalue weighted by molar-refractivity contribution is 8.16. The van der Waals surface area contributed by atoms with Crippen LogP contribution in [0.15, 0.2) is 50.4 Å². The molecule has 0 radical (unpaired) electrons. The van der Waals surface area contributed by atoms with Crippen molar-refractivity contribution in [3.05, 3.63) is 47.3 Å². The lowest BCUT2D eigenvalue weighted by Crippen LogP contribution is -2.33. The third-order valence-corrected chi connectivity index (χ3v) is 7.92. The van der Waals surface area contributed by atoms with Crippen molar-refractivity contribution in [2.45, 2.75) is 29.7 Å². The Balaban J connectivity index is 1.73. The van der Waals surface area contributed by atoms with Crippen LogP contribution in [0.1, 0.15) is 18.9 Å². The Kier molecular flexibility index (Phi) is 6.21. The number of sulfonamides is 1. The van der Waals surface area contributed by atoms with Crippen molar-refractivity contribution in [3.8, 4) is 0 Å². The fourth-order valence-electron chi connectivity index (χ4n) is 2.58. The summed E-state index contributed by atoms with van der Waals surface area (Å²) < 4.78 is 28.8. The van der Waals surface area contributed by atoms with Gasteiger partial charge < -0.3 is 5.32 Å². The van der Waals surface area contributed by atoms with Crippen LogP contribution >= 0.6 is 23.1 Å². The van der Waals surface area contributed by atoms with Crippen molar-refractivity contribution in [2.24, 2.45) is 4.40 Å². The van der Waals surface area contributed by atoms with Gasteiger partial charge in [-0.15, -0.1) is 15.7 Å². The number of thiophene rings is 1. The highest BCUT2D eigenvalue weighted by Crippen LogP contribution is 2.31. The normalized spacial score (nSPS) is 18.6. The molecule has 1 aliphatic heterocycles. The first-order valence-electron chi connectivity index (χ1n) is 8.53. The number of anilines is 1. The van der Waals surface area contributed by atoms with Gasteiger partial charge in [0.1, 0.15) is 9.46 Å². The molecular formula is C18H19N3O4S3. The van der Waals surface area contributed by atoms with E-state index in [1.54, 1.807) is 30.5 Å². The first-order chi connectivity index (χ1) is 13.3. The fourth-order valence-corrected chi connectivity index (χ4v) is 5.96. The lowest BCUT2D eigenvalue weighted by molar-refractivity contribution is -0.128. The summed E-state index contributed by atoms with van der Waals surface area (Å²) in [4.78, 5) is 26.2. The number of benzene rings is 1. The molecule has 1 saturated heterocycles. The number of nitrogens with zero attached hydrogens (tertiary/aromatic N) is 2. The molecule has 10 heteroatoms. The second-order valence-corrected chi connectivity index (χ2v) is 10.0. The SMILES string of the molecule is CCN1C(=O)[C@H](CC(=O)Nc2ccc(C)cc2)SC1=NS(=O)(=O)c1cccs1. The summed E-state index contributed by atoms with van der Waals surface area (Å²) >= 11 is 2.07. The molecule has 1 aliphatic rings. The second kappa shape index (κ2) is 8.46. The minimum atomic E-state index is -3.88. The van der Waals surface area contributed by atoms with E-state index in [9.17, 15) is 18.0 Å². The van der Waals surface area contributed by atoms with Gasteiger partial charge in [-0.2, -0.15) is 8.42 Å². The molecule has 1 atom stereocenters. The standard InChI is InChI=1S/C18H19N3O4S3/c1-3-21-17(23)14(11-15(22)19-13-8-6-12(2)7-9-13)27-18(21)20-28(24,25)16-5-4-10-26-16/h4-10,14H,3,11H2,1-2H3,(H,19,22)/t14-/m0/s1. The van der Waals surface area contributed by atoms with Gasteiger partial charge >= 0.3 is 0 Å². The molecule has 1 aromatic carbocycles. The maximum Gasteiger partial charge on any atom is 0.294 e. The molecule has 1 aromatic heterocycles. The number of thioether (sulfide) groups is 1. The van der Waals surface area contributed by atoms with Crippen LogP contribution in [0, 0.1) is 6.92 Å². The van der Waals surface area contributed by atoms with Gasteiger partial charge in [0.05, 0.1) is 0 Å². The van der Waals surface area contributed by atoms with E-state index in [0.717, 1.165) is 28.7 Å². The van der Waals surface area contributed by atoms with Crippen LogP contribution in [-0.4, -0.2) is 42.1 Å². The summed E-state index contributed by atoms with van der Waals surface area (Å²) in [6, 6.07) is 10.4. The quantitative estimate of drug-likeness (QED) is 0.749. The molecule has 2 heterocycles. The van der Waals surface area contributed by atoms with Gasteiger partial charge in [-0.05, 0) is 37.4 Å². The average molecular weight is 438 g/mol. The largest absolute Gasteiger partial charge is 0.326 e. The van der Waals surface area contributed by atoms with Crippen LogP contribution in [0.4, 0.5) is 5.69 Å². The number of hydrogen-bond acceptors (Lipinski definition) is 6. The topological polar surface area (TPSA) is 95.9 Å². The van der Waals surface area contributed by atoms with Crippen LogP contribution < -0.4 is 5.32 Å². The molecule has 2 amide bonds. The lowest BCUT2D eigenvalue weighted by atomic mass is 10.2. The van der Waals surface area contributed by atoms with Gasteiger partial charge in [-0.25, -0.2) is 0 Å². The summed E-state index contributed by atoms with van der Waals surface area (Å²) in [6.07, 6.45) is -0.0635. The predicted molar refractivity (Wildman–Crippen MR) is 112 cm³/mol. The number of amides is 2. The molecule has 0 saturated carbocycles. The molecule has 0 spiro atoms. The number of carbonyl (C=O) groups excluding carboxylic acids is 2. The van der Waals surface area contributed by atoms with Crippen molar-refractivity contribution >= 4 is 55.8 Å². The molecular weight excluding hydrogens is 418 g/mol. The minimum Gasteiger partial charge on any atom is -0.326 e. The van der Waals surface area contributed by atoms with Crippen LogP contribution in [0.2, 0.25) is 0 Å². The van der Waals surface area contributed by atoms with Gasteiger partial charge in [0.15, 0.2) is 5.17 Å². The number of nitrogens with one attached hydrogen (secondary N) is 1. The Morgan fingerprint density at radius 3 is 2.57 bits per heavy atom. The Morgan fingerprint density at radius 2 is 1.96 bits per heavy atom. The summed E-state index contributed by atoms with van der Waals surface area (Å²) in [5.74, 6) is -0.625. The molecule has 2 aromatic rings. The van der Waals surface area contributed by atoms with Crippen molar-refractivity contribution in [2.75, 3.05) is 11.9 Å². The van der Waals surface area contributed by atoms with E-state index in [4.69, 9.17) is 0 Å². The summed E-state index contributed by atoms with van der Waals surface area (Å²) in [6.45, 7) is 3.96. The third kappa shape index (κ3) is 4.62. The highest BCUT2D eigenvalue weighted by Gasteiger charge is 2.39. The highest BCUT2D eigenvalue weighted by atomic mass is 32.2. The van der Waals surface area contributed by atoms with Crippen molar-refractivity contribution in [1.29, 1.82) is 0 Å². The zero-order valence-corrected chi connectivity index (χ0v) is 17.7. The van der Waals surface area contributed by atoms with E-state index in [2.05, 4.69) is 9.71 Å². The van der Waals surface area contributed by atoms with E-state index in [1.165, 1.54) is 11.0 Å². The molecule has 0 bridgehead atoms. The minimum absolute atomic E-state index is 0.0635. The summed E-state index contributed by atoms with van der Waals surface area (Å²) in [5, 5.41) is 3.80. The monoisotopic (exact) mass is 437 g/mol. The zero-order chi connectivity index (χ0) is 20.3. The molecule has 1 N–H and O–H groups in total. The van der Waals surface area contributed by atoms with E-state index in [-0.39, 0.29) is 34.2 Å². The third-order valence-electron chi connectivity index (χ3n) is 3.99. The molecule has 148 valence electrons. The average Bonchev–Trinajstić information content (AvgIpc) is 3.27. The van der Waals surface area contributed by atoms with Crippen LogP contribution in [-0.2, 0) is 19.6 Å². The van der Waals surface area contributed by atoms with Gasteiger partial charge in [0, 0.05) is 18.7 Å². The van der Waals surface area contributed by atoms with Crippen LogP contribution in [0.3, 0.4) is 0 Å². The van der Waals surface area contributed by atoms with E-state index in [1.807, 2.05) is 19.1 Å². The van der Waals surface area contributed by atoms with Crippen molar-refractivity contribution < 1.29 is 18.0 Å². The molecule has 28 heavy (non-hydrogen) atoms. The van der Waals surface area contributed by atoms with Crippen molar-refractivity contribution in [3.63, 3.8) is 0 Å². The number of hydrogen-bond donors (Lipinski definition) is 1. The Hall–Kier alpha value is -2.17. The maximum atomic E-state index is 12.6. The lowest BCUT2D eigenvalue weighted by Gasteiger charge is -2.13. The zero-order valence-electron chi connectivity index (χ0n) is 15.3. The molecule has 3 rings (SSSR count). The smallest absolute Gasteiger partial charge is 0.294 e. The predicted octanol–water partition coefficient (Wildman–Crippen LogP) is 3.09. The van der Waals surface area contributed by atoms with E-state index in [0.29, 0.717) is 5.69 Å². The number of amidine groups is 1. The Morgan fingerprint density at radius 1 is 1.25 bits per heavy atom. The van der Waals surface area contributed by atoms with Crippen molar-refractivity contribution in [1.82, 2.24) is 4.90 Å². The maximum absolute atomic E-state index is 12.6. The first-order valence-corrected chi connectivity index (χ1v) is 11.7. The number of carbonyl (C=O) groups is 2. The van der Waals surface area contributed by atoms with Gasteiger partial charge in [-0.3, -0.25) is 14.5 Å². The number of aryl methyl sites for hydroxylation is 1. The van der Waals surface area contributed by atoms with E-state index < -0.39 is 15.3 Å². The van der Waals surface area contributed by atoms with E-state index >= 15 is 0 Å². The summed E-state index contributed by atoms with van der Waals surface area (Å²) in [5.41, 5.74) is 1.72. The Bertz CT molecular complexity index is 999. The fraction of sp³-hybridized carbons (Fsp3) is 0.278. The van der Waals surface area contributed by atoms with Gasteiger partial charge in [-0.1, -0.05) is 35.5 Å². The number of rotatable bonds is 6. The van der Waals surface area contributed by atoms with Gasteiger partial charge in [0.25, 0.3) is 10.0 Å².